The van der Waals surface area contributed by atoms with Crippen LogP contribution in [0.3, 0.4) is 0 Å². The number of aromatic nitrogens is 2. The van der Waals surface area contributed by atoms with Crippen molar-refractivity contribution in [1.29, 1.82) is 0 Å². The molecule has 0 aliphatic carbocycles. The lowest BCUT2D eigenvalue weighted by molar-refractivity contribution is -0.133. The smallest absolute Gasteiger partial charge is 0.338 e. The molecule has 0 radical (unpaired) electrons. The summed E-state index contributed by atoms with van der Waals surface area (Å²) in [6.07, 6.45) is 1.74. The molecule has 2 rings (SSSR count). The molecule has 5 heteroatoms. The molecule has 5 nitrogen and oxygen atoms in total. The second kappa shape index (κ2) is 7.54. The van der Waals surface area contributed by atoms with E-state index in [2.05, 4.69) is 9.97 Å². The number of methoxy groups -OCH3 is 1. The van der Waals surface area contributed by atoms with Gasteiger partial charge in [0, 0.05) is 11.8 Å². The lowest BCUT2D eigenvalue weighted by atomic mass is 10.00. The van der Waals surface area contributed by atoms with Crippen molar-refractivity contribution in [1.82, 2.24) is 9.97 Å². The molecule has 1 heterocycles. The predicted octanol–water partition coefficient (Wildman–Crippen LogP) is 3.25. The fourth-order valence-corrected chi connectivity index (χ4v) is 2.31. The first-order valence-corrected chi connectivity index (χ1v) is 7.33. The molecule has 1 aromatic carbocycles. The Labute approximate surface area is 136 Å². The van der Waals surface area contributed by atoms with Gasteiger partial charge in [-0.25, -0.2) is 9.78 Å². The lowest BCUT2D eigenvalue weighted by Crippen LogP contribution is -2.08. The molecule has 0 aliphatic rings. The summed E-state index contributed by atoms with van der Waals surface area (Å²) in [6.45, 7) is 5.83. The number of rotatable bonds is 5. The second-order valence-electron chi connectivity index (χ2n) is 5.03. The Bertz CT molecular complexity index is 719. The minimum atomic E-state index is -0.367. The quantitative estimate of drug-likeness (QED) is 0.626. The van der Waals surface area contributed by atoms with E-state index < -0.39 is 0 Å². The summed E-state index contributed by atoms with van der Waals surface area (Å²) >= 11 is 0. The second-order valence-corrected chi connectivity index (χ2v) is 5.03. The molecule has 0 atom stereocenters. The van der Waals surface area contributed by atoms with E-state index in [1.54, 1.807) is 19.1 Å². The number of ether oxygens (including phenoxy) is 2. The van der Waals surface area contributed by atoms with Crippen molar-refractivity contribution in [2.45, 2.75) is 27.4 Å². The maximum Gasteiger partial charge on any atom is 0.338 e. The van der Waals surface area contributed by atoms with Crippen LogP contribution in [0.5, 0.6) is 5.88 Å². The minimum absolute atomic E-state index is 0.306. The molecule has 23 heavy (non-hydrogen) atoms. The van der Waals surface area contributed by atoms with Gasteiger partial charge in [0.1, 0.15) is 12.4 Å². The van der Waals surface area contributed by atoms with Gasteiger partial charge >= 0.3 is 5.97 Å². The van der Waals surface area contributed by atoms with E-state index in [-0.39, 0.29) is 5.97 Å². The third-order valence-corrected chi connectivity index (χ3v) is 3.32. The molecule has 0 N–H and O–H groups in total. The molecular formula is C18H20N2O3. The summed E-state index contributed by atoms with van der Waals surface area (Å²) in [6, 6.07) is 9.37. The van der Waals surface area contributed by atoms with Crippen molar-refractivity contribution >= 4 is 11.5 Å². The summed E-state index contributed by atoms with van der Waals surface area (Å²) in [5.74, 6) is 0.815. The zero-order chi connectivity index (χ0) is 16.8. The molecule has 0 amide bonds. The zero-order valence-electron chi connectivity index (χ0n) is 13.8. The summed E-state index contributed by atoms with van der Waals surface area (Å²) in [7, 11) is 1.37. The lowest BCUT2D eigenvalue weighted by Gasteiger charge is -2.12. The molecule has 0 aliphatic heterocycles. The standard InChI is InChI=1S/C18H20N2O3/c1-5-15(18(21)22-4)16-9-7-6-8-14(16)11-23-17-10-12(2)19-13(3)20-17/h5-10H,11H2,1-4H3. The molecule has 120 valence electrons. The highest BCUT2D eigenvalue weighted by Gasteiger charge is 2.15. The monoisotopic (exact) mass is 312 g/mol. The number of carbonyl (C=O) groups is 1. The van der Waals surface area contributed by atoms with Gasteiger partial charge in [-0.15, -0.1) is 0 Å². The molecule has 0 fully saturated rings. The van der Waals surface area contributed by atoms with Gasteiger partial charge in [0.05, 0.1) is 12.7 Å². The summed E-state index contributed by atoms with van der Waals surface area (Å²) < 4.78 is 10.6. The van der Waals surface area contributed by atoms with E-state index in [0.717, 1.165) is 16.8 Å². The van der Waals surface area contributed by atoms with Gasteiger partial charge < -0.3 is 9.47 Å². The van der Waals surface area contributed by atoms with Gasteiger partial charge in [-0.2, -0.15) is 4.98 Å². The predicted molar refractivity (Wildman–Crippen MR) is 87.9 cm³/mol. The van der Waals surface area contributed by atoms with Gasteiger partial charge in [0.25, 0.3) is 0 Å². The van der Waals surface area contributed by atoms with Crippen LogP contribution < -0.4 is 4.74 Å². The maximum absolute atomic E-state index is 11.9. The molecule has 2 aromatic rings. The average molecular weight is 312 g/mol. The van der Waals surface area contributed by atoms with Crippen molar-refractivity contribution in [3.8, 4) is 5.88 Å². The highest BCUT2D eigenvalue weighted by molar-refractivity contribution is 6.16. The summed E-state index contributed by atoms with van der Waals surface area (Å²) in [5, 5.41) is 0. The first kappa shape index (κ1) is 16.7. The highest BCUT2D eigenvalue weighted by Crippen LogP contribution is 2.22. The molecule has 0 unspecified atom stereocenters. The fraction of sp³-hybridized carbons (Fsp3) is 0.278. The first-order valence-electron chi connectivity index (χ1n) is 7.33. The molecule has 0 saturated heterocycles. The van der Waals surface area contributed by atoms with Crippen molar-refractivity contribution in [3.63, 3.8) is 0 Å². The van der Waals surface area contributed by atoms with Crippen LogP contribution in [-0.2, 0) is 16.1 Å². The Morgan fingerprint density at radius 3 is 2.61 bits per heavy atom. The first-order chi connectivity index (χ1) is 11.0. The molecule has 0 bridgehead atoms. The Balaban J connectivity index is 2.25. The van der Waals surface area contributed by atoms with E-state index in [9.17, 15) is 4.79 Å². The number of carbonyl (C=O) groups excluding carboxylic acids is 1. The largest absolute Gasteiger partial charge is 0.473 e. The van der Waals surface area contributed by atoms with Crippen LogP contribution in [0.25, 0.3) is 5.57 Å². The number of hydrogen-bond donors (Lipinski definition) is 0. The van der Waals surface area contributed by atoms with Gasteiger partial charge in [0.15, 0.2) is 0 Å². The number of benzene rings is 1. The van der Waals surface area contributed by atoms with Gasteiger partial charge in [-0.1, -0.05) is 30.3 Å². The van der Waals surface area contributed by atoms with Crippen LogP contribution >= 0.6 is 0 Å². The van der Waals surface area contributed by atoms with Gasteiger partial charge in [0.2, 0.25) is 5.88 Å². The molecule has 0 saturated carbocycles. The Morgan fingerprint density at radius 1 is 1.22 bits per heavy atom. The number of allylic oxidation sites excluding steroid dienone is 1. The third kappa shape index (κ3) is 4.16. The number of aryl methyl sites for hydroxylation is 2. The van der Waals surface area contributed by atoms with Crippen LogP contribution in [-0.4, -0.2) is 23.0 Å². The topological polar surface area (TPSA) is 61.3 Å². The number of hydrogen-bond acceptors (Lipinski definition) is 5. The Hall–Kier alpha value is -2.69. The molecule has 0 spiro atoms. The van der Waals surface area contributed by atoms with Crippen LogP contribution in [0, 0.1) is 13.8 Å². The Morgan fingerprint density at radius 2 is 1.96 bits per heavy atom. The third-order valence-electron chi connectivity index (χ3n) is 3.32. The minimum Gasteiger partial charge on any atom is -0.473 e. The van der Waals surface area contributed by atoms with Gasteiger partial charge in [-0.05, 0) is 31.9 Å². The Kier molecular flexibility index (Phi) is 5.46. The van der Waals surface area contributed by atoms with Crippen LogP contribution in [0.4, 0.5) is 0 Å². The number of nitrogens with zero attached hydrogens (tertiary/aromatic N) is 2. The normalized spacial score (nSPS) is 11.2. The zero-order valence-corrected chi connectivity index (χ0v) is 13.8. The fourth-order valence-electron chi connectivity index (χ4n) is 2.31. The van der Waals surface area contributed by atoms with Crippen LogP contribution in [0.15, 0.2) is 36.4 Å². The summed E-state index contributed by atoms with van der Waals surface area (Å²) in [4.78, 5) is 20.4. The van der Waals surface area contributed by atoms with E-state index in [1.165, 1.54) is 7.11 Å². The van der Waals surface area contributed by atoms with Crippen molar-refractivity contribution in [2.75, 3.05) is 7.11 Å². The number of esters is 1. The van der Waals surface area contributed by atoms with Crippen molar-refractivity contribution < 1.29 is 14.3 Å². The molecule has 1 aromatic heterocycles. The van der Waals surface area contributed by atoms with E-state index in [4.69, 9.17) is 9.47 Å². The van der Waals surface area contributed by atoms with Gasteiger partial charge in [-0.3, -0.25) is 0 Å². The summed E-state index contributed by atoms with van der Waals surface area (Å²) in [5.41, 5.74) is 3.05. The molecular weight excluding hydrogens is 292 g/mol. The van der Waals surface area contributed by atoms with E-state index in [0.29, 0.717) is 23.9 Å². The van der Waals surface area contributed by atoms with Crippen molar-refractivity contribution in [3.05, 3.63) is 59.1 Å². The SMILES string of the molecule is CC=C(C(=O)OC)c1ccccc1COc1cc(C)nc(C)n1. The van der Waals surface area contributed by atoms with Crippen molar-refractivity contribution in [2.24, 2.45) is 0 Å². The maximum atomic E-state index is 11.9. The van der Waals surface area contributed by atoms with Crippen LogP contribution in [0.2, 0.25) is 0 Å². The highest BCUT2D eigenvalue weighted by atomic mass is 16.5. The average Bonchev–Trinajstić information content (AvgIpc) is 2.53. The van der Waals surface area contributed by atoms with E-state index >= 15 is 0 Å². The van der Waals surface area contributed by atoms with E-state index in [1.807, 2.05) is 38.1 Å². The van der Waals surface area contributed by atoms with Crippen LogP contribution in [0.1, 0.15) is 29.6 Å².